The van der Waals surface area contributed by atoms with E-state index in [2.05, 4.69) is 42.8 Å². The minimum Gasteiger partial charge on any atom is -0.372 e. The van der Waals surface area contributed by atoms with Crippen molar-refractivity contribution in [1.82, 2.24) is 19.6 Å². The minimum atomic E-state index is 0.213. The highest BCUT2D eigenvalue weighted by atomic mass is 16.5. The Labute approximate surface area is 160 Å². The Hall–Kier alpha value is -2.47. The van der Waals surface area contributed by atoms with Crippen molar-refractivity contribution in [1.29, 1.82) is 0 Å². The fourth-order valence-electron chi connectivity index (χ4n) is 3.65. The summed E-state index contributed by atoms with van der Waals surface area (Å²) < 4.78 is 8.20. The number of hydrogen-bond donors (Lipinski definition) is 0. The normalized spacial score (nSPS) is 17.6. The second-order valence-electron chi connectivity index (χ2n) is 7.29. The van der Waals surface area contributed by atoms with Crippen LogP contribution in [0.2, 0.25) is 0 Å². The summed E-state index contributed by atoms with van der Waals surface area (Å²) in [6, 6.07) is 6.19. The van der Waals surface area contributed by atoms with E-state index >= 15 is 0 Å². The molecule has 27 heavy (non-hydrogen) atoms. The molecule has 0 amide bonds. The molecule has 3 aromatic rings. The first-order valence-corrected chi connectivity index (χ1v) is 9.77. The molecule has 1 saturated heterocycles. The van der Waals surface area contributed by atoms with Crippen molar-refractivity contribution < 1.29 is 4.74 Å². The zero-order valence-electron chi connectivity index (χ0n) is 16.4. The summed E-state index contributed by atoms with van der Waals surface area (Å²) in [4.78, 5) is 11.4. The van der Waals surface area contributed by atoms with Gasteiger partial charge in [0, 0.05) is 42.8 Å². The van der Waals surface area contributed by atoms with Crippen molar-refractivity contribution >= 4 is 11.5 Å². The van der Waals surface area contributed by atoms with Crippen LogP contribution < -0.4 is 4.90 Å². The van der Waals surface area contributed by atoms with Crippen LogP contribution in [0.3, 0.4) is 0 Å². The predicted molar refractivity (Wildman–Crippen MR) is 106 cm³/mol. The van der Waals surface area contributed by atoms with E-state index in [9.17, 15) is 0 Å². The number of rotatable bonds is 5. The molecule has 142 valence electrons. The van der Waals surface area contributed by atoms with Gasteiger partial charge < -0.3 is 9.64 Å². The van der Waals surface area contributed by atoms with Gasteiger partial charge in [0.2, 0.25) is 0 Å². The van der Waals surface area contributed by atoms with Gasteiger partial charge in [-0.05, 0) is 44.7 Å². The average molecular weight is 365 g/mol. The maximum absolute atomic E-state index is 6.19. The molecule has 0 N–H and O–H groups in total. The van der Waals surface area contributed by atoms with Crippen LogP contribution in [0.4, 0.5) is 5.82 Å². The fourth-order valence-corrected chi connectivity index (χ4v) is 3.65. The number of fused-ring (bicyclic) bond motifs is 1. The standard InChI is InChI=1S/C21H27N5O/c1-4-18-11-20(26-21(23-18)15(2)16(3)24-26)25-10-6-8-19(13-25)27-14-17-7-5-9-22-12-17/h5,7,9,11-12,19H,4,6,8,10,13-14H2,1-3H3/t19-/m0/s1. The van der Waals surface area contributed by atoms with Crippen LogP contribution in [0.1, 0.15) is 42.3 Å². The largest absolute Gasteiger partial charge is 0.372 e. The van der Waals surface area contributed by atoms with Crippen LogP contribution in [-0.2, 0) is 17.8 Å². The Bertz CT molecular complexity index is 921. The molecule has 0 aromatic carbocycles. The number of ether oxygens (including phenoxy) is 1. The molecule has 1 aliphatic heterocycles. The van der Waals surface area contributed by atoms with Crippen molar-refractivity contribution in [3.63, 3.8) is 0 Å². The minimum absolute atomic E-state index is 0.213. The van der Waals surface area contributed by atoms with Gasteiger partial charge in [-0.15, -0.1) is 0 Å². The molecule has 1 fully saturated rings. The first kappa shape index (κ1) is 17.9. The predicted octanol–water partition coefficient (Wildman–Crippen LogP) is 3.49. The number of aromatic nitrogens is 4. The second-order valence-corrected chi connectivity index (χ2v) is 7.29. The number of pyridine rings is 1. The Balaban J connectivity index is 1.56. The molecule has 1 atom stereocenters. The first-order valence-electron chi connectivity index (χ1n) is 9.77. The van der Waals surface area contributed by atoms with E-state index in [0.717, 1.165) is 66.3 Å². The summed E-state index contributed by atoms with van der Waals surface area (Å²) in [5.41, 5.74) is 5.40. The Morgan fingerprint density at radius 2 is 2.19 bits per heavy atom. The van der Waals surface area contributed by atoms with Gasteiger partial charge in [-0.2, -0.15) is 9.61 Å². The topological polar surface area (TPSA) is 55.5 Å². The van der Waals surface area contributed by atoms with E-state index in [1.54, 1.807) is 6.20 Å². The molecule has 0 aliphatic carbocycles. The number of anilines is 1. The Morgan fingerprint density at radius 1 is 1.30 bits per heavy atom. The summed E-state index contributed by atoms with van der Waals surface area (Å²) in [5.74, 6) is 1.13. The molecule has 0 bridgehead atoms. The summed E-state index contributed by atoms with van der Waals surface area (Å²) >= 11 is 0. The molecule has 6 heteroatoms. The van der Waals surface area contributed by atoms with E-state index in [4.69, 9.17) is 14.8 Å². The van der Waals surface area contributed by atoms with Crippen LogP contribution in [0.15, 0.2) is 30.6 Å². The SMILES string of the molecule is CCc1cc(N2CCC[C@H](OCc3cccnc3)C2)n2nc(C)c(C)c2n1. The lowest BCUT2D eigenvalue weighted by molar-refractivity contribution is 0.0312. The smallest absolute Gasteiger partial charge is 0.160 e. The van der Waals surface area contributed by atoms with E-state index in [-0.39, 0.29) is 6.10 Å². The molecule has 0 unspecified atom stereocenters. The molecule has 3 aromatic heterocycles. The van der Waals surface area contributed by atoms with E-state index < -0.39 is 0 Å². The first-order chi connectivity index (χ1) is 13.2. The molecule has 0 spiro atoms. The van der Waals surface area contributed by atoms with E-state index in [0.29, 0.717) is 6.61 Å². The highest BCUT2D eigenvalue weighted by molar-refractivity contribution is 5.57. The van der Waals surface area contributed by atoms with Crippen molar-refractivity contribution in [2.45, 2.75) is 52.7 Å². The van der Waals surface area contributed by atoms with Gasteiger partial charge in [0.15, 0.2) is 5.65 Å². The highest BCUT2D eigenvalue weighted by Crippen LogP contribution is 2.25. The van der Waals surface area contributed by atoms with Gasteiger partial charge in [0.05, 0.1) is 18.4 Å². The summed E-state index contributed by atoms with van der Waals surface area (Å²) in [6.07, 6.45) is 6.99. The number of hydrogen-bond acceptors (Lipinski definition) is 5. The van der Waals surface area contributed by atoms with E-state index in [1.165, 1.54) is 0 Å². The number of aryl methyl sites for hydroxylation is 3. The monoisotopic (exact) mass is 365 g/mol. The van der Waals surface area contributed by atoms with Gasteiger partial charge in [-0.1, -0.05) is 13.0 Å². The molecule has 0 radical (unpaired) electrons. The Kier molecular flexibility index (Phi) is 5.07. The second kappa shape index (κ2) is 7.64. The van der Waals surface area contributed by atoms with Gasteiger partial charge in [0.25, 0.3) is 0 Å². The summed E-state index contributed by atoms with van der Waals surface area (Å²) in [5, 5.41) is 4.75. The average Bonchev–Trinajstić information content (AvgIpc) is 3.00. The zero-order valence-corrected chi connectivity index (χ0v) is 16.4. The van der Waals surface area contributed by atoms with Gasteiger partial charge >= 0.3 is 0 Å². The van der Waals surface area contributed by atoms with Crippen LogP contribution in [-0.4, -0.2) is 38.8 Å². The lowest BCUT2D eigenvalue weighted by Crippen LogP contribution is -2.40. The Morgan fingerprint density at radius 3 is 2.96 bits per heavy atom. The van der Waals surface area contributed by atoms with Gasteiger partial charge in [0.1, 0.15) is 5.82 Å². The number of nitrogens with zero attached hydrogens (tertiary/aromatic N) is 5. The molecular formula is C21H27N5O. The lowest BCUT2D eigenvalue weighted by Gasteiger charge is -2.34. The van der Waals surface area contributed by atoms with Crippen molar-refractivity contribution in [2.24, 2.45) is 0 Å². The molecule has 4 rings (SSSR count). The van der Waals surface area contributed by atoms with E-state index in [1.807, 2.05) is 16.8 Å². The highest BCUT2D eigenvalue weighted by Gasteiger charge is 2.24. The fraction of sp³-hybridized carbons (Fsp3) is 0.476. The molecule has 4 heterocycles. The molecule has 0 saturated carbocycles. The number of piperidine rings is 1. The van der Waals surface area contributed by atoms with Crippen molar-refractivity contribution in [2.75, 3.05) is 18.0 Å². The van der Waals surface area contributed by atoms with Crippen LogP contribution >= 0.6 is 0 Å². The van der Waals surface area contributed by atoms with Gasteiger partial charge in [-0.3, -0.25) is 4.98 Å². The van der Waals surface area contributed by atoms with Gasteiger partial charge in [-0.25, -0.2) is 4.98 Å². The van der Waals surface area contributed by atoms with Crippen LogP contribution in [0, 0.1) is 13.8 Å². The molecule has 6 nitrogen and oxygen atoms in total. The summed E-state index contributed by atoms with van der Waals surface area (Å²) in [7, 11) is 0. The van der Waals surface area contributed by atoms with Crippen LogP contribution in [0.25, 0.3) is 5.65 Å². The summed E-state index contributed by atoms with van der Waals surface area (Å²) in [6.45, 7) is 8.81. The maximum Gasteiger partial charge on any atom is 0.160 e. The third-order valence-corrected chi connectivity index (χ3v) is 5.36. The lowest BCUT2D eigenvalue weighted by atomic mass is 10.1. The van der Waals surface area contributed by atoms with Crippen molar-refractivity contribution in [3.05, 3.63) is 53.1 Å². The third-order valence-electron chi connectivity index (χ3n) is 5.36. The zero-order chi connectivity index (χ0) is 18.8. The third kappa shape index (κ3) is 3.67. The maximum atomic E-state index is 6.19. The van der Waals surface area contributed by atoms with Crippen molar-refractivity contribution in [3.8, 4) is 0 Å². The quantitative estimate of drug-likeness (QED) is 0.693. The molecular weight excluding hydrogens is 338 g/mol. The molecule has 1 aliphatic rings. The van der Waals surface area contributed by atoms with Crippen LogP contribution in [0.5, 0.6) is 0 Å².